The van der Waals surface area contributed by atoms with E-state index in [1.165, 1.54) is 5.57 Å². The molecule has 0 spiro atoms. The molecule has 1 amide bonds. The molecule has 2 atom stereocenters. The fraction of sp³-hybridized carbons (Fsp3) is 0.524. The van der Waals surface area contributed by atoms with E-state index in [1.54, 1.807) is 4.90 Å². The minimum Gasteiger partial charge on any atom is -0.444 e. The minimum absolute atomic E-state index is 0.242. The van der Waals surface area contributed by atoms with Crippen LogP contribution >= 0.6 is 0 Å². The molecule has 2 aromatic rings. The van der Waals surface area contributed by atoms with Crippen molar-refractivity contribution < 1.29 is 19.1 Å². The van der Waals surface area contributed by atoms with Crippen molar-refractivity contribution in [3.63, 3.8) is 0 Å². The number of hydrogen-bond donors (Lipinski definition) is 2. The molecule has 1 aromatic heterocycles. The van der Waals surface area contributed by atoms with E-state index >= 15 is 0 Å². The maximum atomic E-state index is 12.1. The molecule has 7 nitrogen and oxygen atoms in total. The van der Waals surface area contributed by atoms with E-state index in [0.717, 1.165) is 12.8 Å². The van der Waals surface area contributed by atoms with Crippen molar-refractivity contribution in [1.82, 2.24) is 9.88 Å². The minimum atomic E-state index is -0.967. The van der Waals surface area contributed by atoms with Crippen LogP contribution in [0.4, 0.5) is 4.79 Å². The number of para-hydroxylation sites is 2. The smallest absolute Gasteiger partial charge is 0.410 e. The molecular weight excluding hydrogens is 358 g/mol. The van der Waals surface area contributed by atoms with Crippen molar-refractivity contribution >= 4 is 17.2 Å². The molecule has 28 heavy (non-hydrogen) atoms. The van der Waals surface area contributed by atoms with Gasteiger partial charge in [0, 0.05) is 19.1 Å². The maximum Gasteiger partial charge on any atom is 0.410 e. The summed E-state index contributed by atoms with van der Waals surface area (Å²) in [6.45, 7) is 6.85. The highest BCUT2D eigenvalue weighted by atomic mass is 16.6. The lowest BCUT2D eigenvalue weighted by molar-refractivity contribution is 0.0236. The quantitative estimate of drug-likeness (QED) is 0.778. The van der Waals surface area contributed by atoms with Gasteiger partial charge in [-0.1, -0.05) is 23.8 Å². The summed E-state index contributed by atoms with van der Waals surface area (Å²) >= 11 is 0. The molecule has 1 unspecified atom stereocenters. The first kappa shape index (κ1) is 20.4. The molecule has 3 N–H and O–H groups in total. The topological polar surface area (TPSA) is 102 Å². The number of hydrogen-bond acceptors (Lipinski definition) is 6. The standard InChI is InChI=1S/C21H29N3O4/c1-21(2,3)28-20(26)24-12-10-14(11-13-24)8-9-15(22)18(25)19-23-16-6-4-5-7-17(16)27-19/h4-8,15,18,25H,9-13,22H2,1-3H3/t15-,18?/m0/s1. The Bertz CT molecular complexity index is 810. The molecule has 1 aromatic carbocycles. The molecule has 1 aliphatic heterocycles. The summed E-state index contributed by atoms with van der Waals surface area (Å²) in [7, 11) is 0. The normalized spacial score (nSPS) is 17.5. The Morgan fingerprint density at radius 3 is 2.68 bits per heavy atom. The first-order valence-electron chi connectivity index (χ1n) is 9.68. The van der Waals surface area contributed by atoms with Gasteiger partial charge in [-0.25, -0.2) is 9.78 Å². The van der Waals surface area contributed by atoms with Crippen molar-refractivity contribution in [1.29, 1.82) is 0 Å². The third kappa shape index (κ3) is 5.11. The van der Waals surface area contributed by atoms with Crippen LogP contribution in [0.1, 0.15) is 52.0 Å². The molecule has 3 rings (SSSR count). The number of fused-ring (bicyclic) bond motifs is 1. The summed E-state index contributed by atoms with van der Waals surface area (Å²) < 4.78 is 11.0. The van der Waals surface area contributed by atoms with Gasteiger partial charge in [0.25, 0.3) is 0 Å². The number of rotatable bonds is 4. The van der Waals surface area contributed by atoms with Crippen LogP contribution in [-0.2, 0) is 4.74 Å². The Morgan fingerprint density at radius 2 is 2.04 bits per heavy atom. The number of aromatic nitrogens is 1. The summed E-state index contributed by atoms with van der Waals surface area (Å²) in [6.07, 6.45) is 2.90. The molecule has 1 saturated heterocycles. The first-order chi connectivity index (χ1) is 13.2. The second kappa shape index (κ2) is 8.32. The Hall–Kier alpha value is -2.38. The van der Waals surface area contributed by atoms with Crippen molar-refractivity contribution in [2.45, 2.75) is 57.8 Å². The molecule has 7 heteroatoms. The third-order valence-corrected chi connectivity index (χ3v) is 4.71. The maximum absolute atomic E-state index is 12.1. The largest absolute Gasteiger partial charge is 0.444 e. The summed E-state index contributed by atoms with van der Waals surface area (Å²) in [4.78, 5) is 18.2. The fourth-order valence-corrected chi connectivity index (χ4v) is 3.14. The first-order valence-corrected chi connectivity index (χ1v) is 9.68. The van der Waals surface area contributed by atoms with Gasteiger partial charge in [0.1, 0.15) is 17.2 Å². The molecule has 0 saturated carbocycles. The average molecular weight is 387 g/mol. The monoisotopic (exact) mass is 387 g/mol. The van der Waals surface area contributed by atoms with Gasteiger partial charge in [-0.2, -0.15) is 0 Å². The highest BCUT2D eigenvalue weighted by Crippen LogP contribution is 2.24. The number of carbonyl (C=O) groups is 1. The van der Waals surface area contributed by atoms with Crippen LogP contribution in [0.3, 0.4) is 0 Å². The van der Waals surface area contributed by atoms with E-state index < -0.39 is 17.7 Å². The van der Waals surface area contributed by atoms with Gasteiger partial charge in [0.15, 0.2) is 5.58 Å². The Kier molecular flexibility index (Phi) is 6.05. The molecule has 152 valence electrons. The number of benzene rings is 1. The molecule has 1 fully saturated rings. The third-order valence-electron chi connectivity index (χ3n) is 4.71. The predicted octanol–water partition coefficient (Wildman–Crippen LogP) is 3.54. The number of piperidine rings is 1. The van der Waals surface area contributed by atoms with Gasteiger partial charge >= 0.3 is 6.09 Å². The molecule has 2 heterocycles. The predicted molar refractivity (Wildman–Crippen MR) is 107 cm³/mol. The van der Waals surface area contributed by atoms with E-state index in [-0.39, 0.29) is 12.0 Å². The summed E-state index contributed by atoms with van der Waals surface area (Å²) in [5.74, 6) is 0.242. The number of nitrogens with zero attached hydrogens (tertiary/aromatic N) is 2. The molecule has 0 bridgehead atoms. The molecular formula is C21H29N3O4. The van der Waals surface area contributed by atoms with E-state index in [0.29, 0.717) is 30.6 Å². The number of aliphatic hydroxyl groups is 1. The van der Waals surface area contributed by atoms with Gasteiger partial charge in [0.05, 0.1) is 0 Å². The lowest BCUT2D eigenvalue weighted by Gasteiger charge is -2.31. The number of oxazole rings is 1. The highest BCUT2D eigenvalue weighted by molar-refractivity contribution is 5.72. The Morgan fingerprint density at radius 1 is 1.36 bits per heavy atom. The van der Waals surface area contributed by atoms with Gasteiger partial charge < -0.3 is 24.9 Å². The number of amides is 1. The van der Waals surface area contributed by atoms with Gasteiger partial charge in [-0.3, -0.25) is 0 Å². The fourth-order valence-electron chi connectivity index (χ4n) is 3.14. The van der Waals surface area contributed by atoms with Crippen LogP contribution < -0.4 is 5.73 Å². The number of nitrogens with two attached hydrogens (primary N) is 1. The Labute approximate surface area is 165 Å². The average Bonchev–Trinajstić information content (AvgIpc) is 3.08. The van der Waals surface area contributed by atoms with Crippen molar-refractivity contribution in [3.8, 4) is 0 Å². The van der Waals surface area contributed by atoms with Gasteiger partial charge in [-0.05, 0) is 52.2 Å². The van der Waals surface area contributed by atoms with Crippen LogP contribution in [0.25, 0.3) is 11.1 Å². The van der Waals surface area contributed by atoms with Gasteiger partial charge in [-0.15, -0.1) is 0 Å². The van der Waals surface area contributed by atoms with E-state index in [9.17, 15) is 9.90 Å². The van der Waals surface area contributed by atoms with Crippen LogP contribution in [0, 0.1) is 0 Å². The van der Waals surface area contributed by atoms with Crippen LogP contribution in [0.15, 0.2) is 40.3 Å². The van der Waals surface area contributed by atoms with Crippen molar-refractivity contribution in [2.75, 3.05) is 13.1 Å². The highest BCUT2D eigenvalue weighted by Gasteiger charge is 2.25. The zero-order valence-electron chi connectivity index (χ0n) is 16.7. The van der Waals surface area contributed by atoms with E-state index in [2.05, 4.69) is 11.1 Å². The summed E-state index contributed by atoms with van der Waals surface area (Å²) in [6, 6.07) is 6.86. The molecule has 1 aliphatic rings. The van der Waals surface area contributed by atoms with Crippen LogP contribution in [0.5, 0.6) is 0 Å². The summed E-state index contributed by atoms with van der Waals surface area (Å²) in [5.41, 5.74) is 8.25. The molecule has 0 aliphatic carbocycles. The lowest BCUT2D eigenvalue weighted by Crippen LogP contribution is -2.40. The zero-order valence-corrected chi connectivity index (χ0v) is 16.7. The number of aliphatic hydroxyl groups excluding tert-OH is 1. The number of carbonyl (C=O) groups excluding carboxylic acids is 1. The lowest BCUT2D eigenvalue weighted by atomic mass is 10.00. The zero-order chi connectivity index (χ0) is 20.3. The number of ether oxygens (including phenoxy) is 1. The van der Waals surface area contributed by atoms with Crippen LogP contribution in [0.2, 0.25) is 0 Å². The number of likely N-dealkylation sites (tertiary alicyclic amines) is 1. The van der Waals surface area contributed by atoms with E-state index in [1.807, 2.05) is 45.0 Å². The van der Waals surface area contributed by atoms with Crippen molar-refractivity contribution in [2.24, 2.45) is 5.73 Å². The van der Waals surface area contributed by atoms with Crippen molar-refractivity contribution in [3.05, 3.63) is 41.8 Å². The SMILES string of the molecule is CC(C)(C)OC(=O)N1CCC(=CC[C@H](N)C(O)c2nc3ccccc3o2)CC1. The van der Waals surface area contributed by atoms with Gasteiger partial charge in [0.2, 0.25) is 5.89 Å². The Balaban J connectivity index is 1.52. The van der Waals surface area contributed by atoms with Crippen LogP contribution in [-0.4, -0.2) is 45.8 Å². The molecule has 0 radical (unpaired) electrons. The second-order valence-corrected chi connectivity index (χ2v) is 8.19. The van der Waals surface area contributed by atoms with E-state index in [4.69, 9.17) is 14.9 Å². The summed E-state index contributed by atoms with van der Waals surface area (Å²) in [5, 5.41) is 10.5. The second-order valence-electron chi connectivity index (χ2n) is 8.19.